The van der Waals surface area contributed by atoms with Crippen LogP contribution >= 0.6 is 11.6 Å². The number of hydrogen-bond donors (Lipinski definition) is 1. The molecule has 0 aliphatic carbocycles. The lowest BCUT2D eigenvalue weighted by Gasteiger charge is -2.32. The highest BCUT2D eigenvalue weighted by Crippen LogP contribution is 2.39. The Morgan fingerprint density at radius 3 is 1.44 bits per heavy atom. The molecule has 15 heteroatoms. The lowest BCUT2D eigenvalue weighted by Crippen LogP contribution is -2.37. The number of nitrogens with zero attached hydrogens (tertiary/aromatic N) is 7. The summed E-state index contributed by atoms with van der Waals surface area (Å²) in [6, 6.07) is 19.5. The van der Waals surface area contributed by atoms with E-state index in [1.807, 2.05) is 76.6 Å². The monoisotopic (exact) mass is 1180 g/mol. The van der Waals surface area contributed by atoms with Crippen molar-refractivity contribution in [3.05, 3.63) is 183 Å². The molecule has 6 aromatic carbocycles. The van der Waals surface area contributed by atoms with Crippen LogP contribution < -0.4 is 5.32 Å². The molecule has 0 saturated carbocycles. The van der Waals surface area contributed by atoms with Crippen molar-refractivity contribution in [2.75, 3.05) is 26.3 Å². The lowest BCUT2D eigenvalue weighted by molar-refractivity contribution is -0.144. The van der Waals surface area contributed by atoms with Crippen LogP contribution in [-0.4, -0.2) is 84.3 Å². The molecule has 0 radical (unpaired) electrons. The topological polar surface area (TPSA) is 163 Å². The number of esters is 2. The fourth-order valence-electron chi connectivity index (χ4n) is 13.1. The maximum atomic E-state index is 13.9. The van der Waals surface area contributed by atoms with E-state index in [0.717, 1.165) is 150 Å². The Kier molecular flexibility index (Phi) is 20.6. The van der Waals surface area contributed by atoms with Crippen molar-refractivity contribution in [3.63, 3.8) is 0 Å². The minimum Gasteiger partial charge on any atom is -0.466 e. The third kappa shape index (κ3) is 13.1. The summed E-state index contributed by atoms with van der Waals surface area (Å²) < 4.78 is 14.5. The molecule has 0 saturated heterocycles. The summed E-state index contributed by atoms with van der Waals surface area (Å²) >= 11 is 5.57. The van der Waals surface area contributed by atoms with E-state index in [-0.39, 0.29) is 41.3 Å². The molecule has 0 bridgehead atoms. The molecule has 2 aromatic heterocycles. The molecule has 2 aliphatic heterocycles. The van der Waals surface area contributed by atoms with Crippen LogP contribution in [0.1, 0.15) is 190 Å². The van der Waals surface area contributed by atoms with E-state index < -0.39 is 0 Å². The van der Waals surface area contributed by atoms with Crippen LogP contribution in [0.15, 0.2) is 54.6 Å². The smallest absolute Gasteiger partial charge is 0.306 e. The van der Waals surface area contributed by atoms with E-state index >= 15 is 0 Å². The van der Waals surface area contributed by atoms with Gasteiger partial charge in [-0.15, -0.1) is 10.2 Å². The van der Waals surface area contributed by atoms with Gasteiger partial charge in [-0.2, -0.15) is 0 Å². The van der Waals surface area contributed by atoms with E-state index in [1.54, 1.807) is 0 Å². The minimum atomic E-state index is -0.355. The second-order valence-electron chi connectivity index (χ2n) is 23.5. The summed E-state index contributed by atoms with van der Waals surface area (Å²) in [5, 5.41) is 20.6. The van der Waals surface area contributed by atoms with Gasteiger partial charge < -0.3 is 19.7 Å². The van der Waals surface area contributed by atoms with Gasteiger partial charge in [-0.3, -0.25) is 19.2 Å². The molecule has 1 amide bonds. The predicted octanol–water partition coefficient (Wildman–Crippen LogP) is 14.0. The maximum Gasteiger partial charge on any atom is 0.306 e. The Balaban J connectivity index is 0.000000189. The Bertz CT molecular complexity index is 3870. The lowest BCUT2D eigenvalue weighted by atomic mass is 9.82. The highest BCUT2D eigenvalue weighted by Gasteiger charge is 2.30. The van der Waals surface area contributed by atoms with Crippen LogP contribution in [0.4, 0.5) is 0 Å². The summed E-state index contributed by atoms with van der Waals surface area (Å²) in [6.45, 7) is 39.9. The van der Waals surface area contributed by atoms with Gasteiger partial charge in [-0.25, -0.2) is 9.36 Å². The second-order valence-corrected chi connectivity index (χ2v) is 23.8. The molecular weight excluding hydrogens is 1100 g/mol. The average Bonchev–Trinajstić information content (AvgIpc) is 3.67. The van der Waals surface area contributed by atoms with E-state index in [2.05, 4.69) is 136 Å². The molecular formula is C71H87ClN8O6. The summed E-state index contributed by atoms with van der Waals surface area (Å²) in [5.41, 5.74) is 29.4. The van der Waals surface area contributed by atoms with Crippen LogP contribution in [0, 0.1) is 90.0 Å². The Morgan fingerprint density at radius 2 is 0.988 bits per heavy atom. The predicted molar refractivity (Wildman–Crippen MR) is 344 cm³/mol. The van der Waals surface area contributed by atoms with Gasteiger partial charge in [0, 0.05) is 55.7 Å². The number of aryl methyl sites for hydroxylation is 8. The average molecular weight is 1180 g/mol. The molecule has 2 atom stereocenters. The number of carbonyl (C=O) groups excluding carboxylic acids is 4. The van der Waals surface area contributed by atoms with Gasteiger partial charge in [-0.05, 0) is 278 Å². The SMILES string of the molecule is CCOC(=O)CC(c1cc(C)c2c(c1)CN(C(=O)c1c(C)c(C)cc(C)c1C)CC2)c1ccc2c(nnn2CC)c1C.CCOC(=O)CC(c1cc(C)c2c(c1)CNCC2)c1ccc2c(nnn2CC)c1C.Cc1c(C)c(C)c(C(=O)Cl)c(C)c1C. The van der Waals surface area contributed by atoms with Crippen LogP contribution in [0.25, 0.3) is 22.1 Å². The van der Waals surface area contributed by atoms with Gasteiger partial charge >= 0.3 is 11.9 Å². The van der Waals surface area contributed by atoms with Gasteiger partial charge in [0.1, 0.15) is 11.0 Å². The highest BCUT2D eigenvalue weighted by molar-refractivity contribution is 6.68. The number of rotatable bonds is 14. The van der Waals surface area contributed by atoms with Gasteiger partial charge in [0.15, 0.2) is 0 Å². The first kappa shape index (κ1) is 64.4. The molecule has 454 valence electrons. The molecule has 1 N–H and O–H groups in total. The van der Waals surface area contributed by atoms with Crippen molar-refractivity contribution in [1.82, 2.24) is 40.2 Å². The Labute approximate surface area is 513 Å². The molecule has 86 heavy (non-hydrogen) atoms. The first-order chi connectivity index (χ1) is 41.0. The number of halogens is 1. The Morgan fingerprint density at radius 1 is 0.535 bits per heavy atom. The number of carbonyl (C=O) groups is 4. The van der Waals surface area contributed by atoms with Crippen LogP contribution in [0.5, 0.6) is 0 Å². The first-order valence-electron chi connectivity index (χ1n) is 30.5. The highest BCUT2D eigenvalue weighted by atomic mass is 35.5. The molecule has 0 fully saturated rings. The quantitative estimate of drug-likeness (QED) is 0.0814. The summed E-state index contributed by atoms with van der Waals surface area (Å²) in [4.78, 5) is 52.6. The molecule has 8 aromatic rings. The van der Waals surface area contributed by atoms with Crippen molar-refractivity contribution in [2.24, 2.45) is 0 Å². The van der Waals surface area contributed by atoms with Crippen molar-refractivity contribution >= 4 is 56.8 Å². The van der Waals surface area contributed by atoms with Crippen molar-refractivity contribution in [3.8, 4) is 0 Å². The van der Waals surface area contributed by atoms with Gasteiger partial charge in [0.2, 0.25) is 0 Å². The summed E-state index contributed by atoms with van der Waals surface area (Å²) in [6.07, 6.45) is 2.40. The van der Waals surface area contributed by atoms with Crippen LogP contribution in [-0.2, 0) is 58.1 Å². The molecule has 2 aliphatic rings. The number of amides is 1. The Hall–Kier alpha value is -7.55. The van der Waals surface area contributed by atoms with Crippen molar-refractivity contribution in [1.29, 1.82) is 0 Å². The van der Waals surface area contributed by atoms with Crippen LogP contribution in [0.2, 0.25) is 0 Å². The van der Waals surface area contributed by atoms with E-state index in [0.29, 0.717) is 38.3 Å². The first-order valence-corrected chi connectivity index (χ1v) is 30.9. The van der Waals surface area contributed by atoms with Crippen molar-refractivity contribution < 1.29 is 28.7 Å². The molecule has 0 spiro atoms. The largest absolute Gasteiger partial charge is 0.466 e. The van der Waals surface area contributed by atoms with Gasteiger partial charge in [0.25, 0.3) is 11.1 Å². The molecule has 14 nitrogen and oxygen atoms in total. The standard InChI is InChI=1S/C35H42N4O3.C24H30N4O2.C12H15ClO/c1-9-39-31-12-11-29(25(8)34(31)36-37-39)30(18-32(40)42-10-2)26-16-22(5)28-13-14-38(19-27(28)17-26)35(41)33-23(6)20(3)15-21(4)24(33)7;1-5-28-22-8-7-20(16(4)24(22)26-27-28)21(13-23(29)30-6-2)17-11-15(3)19-9-10-25-14-18(19)12-17;1-6-7(2)9(4)11(12(13)14)10(5)8(6)3/h11-12,15-17,30H,9-10,13-14,18-19H2,1-8H3;7-8,11-12,21,25H,5-6,9-10,13-14H2,1-4H3;1-5H3. The number of hydrogen-bond acceptors (Lipinski definition) is 11. The van der Waals surface area contributed by atoms with Crippen LogP contribution in [0.3, 0.4) is 0 Å². The van der Waals surface area contributed by atoms with Gasteiger partial charge in [0.05, 0.1) is 37.1 Å². The van der Waals surface area contributed by atoms with E-state index in [4.69, 9.17) is 21.1 Å². The number of fused-ring (bicyclic) bond motifs is 4. The van der Waals surface area contributed by atoms with E-state index in [9.17, 15) is 19.2 Å². The molecule has 2 unspecified atom stereocenters. The zero-order chi connectivity index (χ0) is 62.6. The third-order valence-corrected chi connectivity index (χ3v) is 18.8. The third-order valence-electron chi connectivity index (χ3n) is 18.6. The zero-order valence-electron chi connectivity index (χ0n) is 53.8. The number of aromatic nitrogens is 6. The number of nitrogens with one attached hydrogen (secondary N) is 1. The number of ether oxygens (including phenoxy) is 2. The summed E-state index contributed by atoms with van der Waals surface area (Å²) in [7, 11) is 0. The zero-order valence-corrected chi connectivity index (χ0v) is 54.6. The van der Waals surface area contributed by atoms with Gasteiger partial charge in [-0.1, -0.05) is 52.9 Å². The second kappa shape index (κ2) is 27.4. The summed E-state index contributed by atoms with van der Waals surface area (Å²) in [5.74, 6) is -0.598. The number of benzene rings is 6. The molecule has 4 heterocycles. The minimum absolute atomic E-state index is 0.0776. The van der Waals surface area contributed by atoms with E-state index in [1.165, 1.54) is 33.4 Å². The maximum absolute atomic E-state index is 13.9. The van der Waals surface area contributed by atoms with Crippen molar-refractivity contribution in [2.45, 2.75) is 181 Å². The molecule has 10 rings (SSSR count). The fraction of sp³-hybridized carbons (Fsp3) is 0.437. The fourth-order valence-corrected chi connectivity index (χ4v) is 13.3. The normalized spacial score (nSPS) is 13.5.